The number of carbonyl (C=O) groups is 2. The van der Waals surface area contributed by atoms with E-state index in [-0.39, 0.29) is 22.5 Å². The molecule has 1 aromatic heterocycles. The second-order valence-electron chi connectivity index (χ2n) is 5.27. The number of nitrogens with zero attached hydrogens (tertiary/aromatic N) is 3. The highest BCUT2D eigenvalue weighted by Gasteiger charge is 2.23. The molecule has 0 radical (unpaired) electrons. The Hall–Kier alpha value is -2.12. The molecule has 0 spiro atoms. The van der Waals surface area contributed by atoms with Crippen molar-refractivity contribution in [1.29, 1.82) is 0 Å². The first kappa shape index (κ1) is 16.7. The Morgan fingerprint density at radius 2 is 2.17 bits per heavy atom. The van der Waals surface area contributed by atoms with Crippen molar-refractivity contribution >= 4 is 46.6 Å². The summed E-state index contributed by atoms with van der Waals surface area (Å²) in [6.07, 6.45) is 4.01. The van der Waals surface area contributed by atoms with Crippen molar-refractivity contribution in [3.8, 4) is 0 Å². The molecule has 0 bridgehead atoms. The van der Waals surface area contributed by atoms with E-state index in [0.717, 1.165) is 17.7 Å². The van der Waals surface area contributed by atoms with Crippen molar-refractivity contribution in [3.05, 3.63) is 40.7 Å². The summed E-state index contributed by atoms with van der Waals surface area (Å²) in [7, 11) is 0. The van der Waals surface area contributed by atoms with Gasteiger partial charge >= 0.3 is 0 Å². The van der Waals surface area contributed by atoms with Gasteiger partial charge in [-0.15, -0.1) is 0 Å². The molecule has 0 atom stereocenters. The number of amides is 2. The minimum atomic E-state index is -0.390. The number of hydrogen-bond acceptors (Lipinski definition) is 5. The average Bonchev–Trinajstić information content (AvgIpc) is 2.98. The van der Waals surface area contributed by atoms with Crippen LogP contribution < -0.4 is 10.2 Å². The van der Waals surface area contributed by atoms with Crippen LogP contribution in [0.5, 0.6) is 0 Å². The Balaban J connectivity index is 1.82. The van der Waals surface area contributed by atoms with E-state index in [4.69, 9.17) is 11.6 Å². The van der Waals surface area contributed by atoms with Crippen molar-refractivity contribution in [2.45, 2.75) is 18.5 Å². The first-order valence-corrected chi connectivity index (χ1v) is 8.89. The highest BCUT2D eigenvalue weighted by Crippen LogP contribution is 2.30. The zero-order chi connectivity index (χ0) is 17.3. The first-order valence-electron chi connectivity index (χ1n) is 7.28. The summed E-state index contributed by atoms with van der Waals surface area (Å²) in [4.78, 5) is 33.9. The van der Waals surface area contributed by atoms with Crippen molar-refractivity contribution in [3.63, 3.8) is 0 Å². The molecule has 1 aliphatic heterocycles. The molecule has 124 valence electrons. The lowest BCUT2D eigenvalue weighted by Gasteiger charge is -2.15. The lowest BCUT2D eigenvalue weighted by atomic mass is 10.1. The Morgan fingerprint density at radius 3 is 2.88 bits per heavy atom. The minimum Gasteiger partial charge on any atom is -0.321 e. The Morgan fingerprint density at radius 1 is 1.38 bits per heavy atom. The fourth-order valence-electron chi connectivity index (χ4n) is 2.61. The maximum Gasteiger partial charge on any atom is 0.275 e. The van der Waals surface area contributed by atoms with E-state index in [1.54, 1.807) is 17.9 Å². The molecule has 0 aliphatic carbocycles. The van der Waals surface area contributed by atoms with Crippen LogP contribution in [0.1, 0.15) is 23.0 Å². The molecule has 3 rings (SSSR count). The van der Waals surface area contributed by atoms with Gasteiger partial charge in [0.05, 0.1) is 11.2 Å². The second-order valence-corrected chi connectivity index (χ2v) is 6.45. The van der Waals surface area contributed by atoms with Crippen LogP contribution in [-0.4, -0.2) is 34.6 Å². The molecule has 0 unspecified atom stereocenters. The van der Waals surface area contributed by atoms with Gasteiger partial charge in [-0.25, -0.2) is 9.97 Å². The normalized spacial score (nSPS) is 12.9. The van der Waals surface area contributed by atoms with Gasteiger partial charge in [0.25, 0.3) is 5.91 Å². The Labute approximate surface area is 148 Å². The number of hydrogen-bond donors (Lipinski definition) is 1. The number of halogens is 1. The van der Waals surface area contributed by atoms with Gasteiger partial charge in [-0.05, 0) is 36.4 Å². The zero-order valence-electron chi connectivity index (χ0n) is 13.2. The lowest BCUT2D eigenvalue weighted by Crippen LogP contribution is -2.25. The summed E-state index contributed by atoms with van der Waals surface area (Å²) >= 11 is 7.36. The molecule has 8 heteroatoms. The SMILES string of the molecule is CSc1ncc(Cl)c(C(=O)Nc2ccc3c(c2)CCN3C(C)=O)n1. The third-order valence-electron chi connectivity index (χ3n) is 3.73. The number of anilines is 2. The molecular formula is C16H15ClN4O2S. The molecule has 1 aliphatic rings. The van der Waals surface area contributed by atoms with Gasteiger partial charge in [0.2, 0.25) is 5.91 Å². The van der Waals surface area contributed by atoms with Crippen LogP contribution in [0.15, 0.2) is 29.6 Å². The van der Waals surface area contributed by atoms with Crippen LogP contribution in [0, 0.1) is 0 Å². The van der Waals surface area contributed by atoms with Gasteiger partial charge in [-0.1, -0.05) is 23.4 Å². The molecule has 0 saturated carbocycles. The third-order valence-corrected chi connectivity index (χ3v) is 4.57. The summed E-state index contributed by atoms with van der Waals surface area (Å²) in [6, 6.07) is 5.48. The maximum atomic E-state index is 12.4. The van der Waals surface area contributed by atoms with Crippen molar-refractivity contribution in [2.75, 3.05) is 23.0 Å². The number of carbonyl (C=O) groups excluding carboxylic acids is 2. The van der Waals surface area contributed by atoms with E-state index in [2.05, 4.69) is 15.3 Å². The second kappa shape index (κ2) is 6.78. The van der Waals surface area contributed by atoms with Crippen molar-refractivity contribution in [2.24, 2.45) is 0 Å². The predicted molar refractivity (Wildman–Crippen MR) is 94.9 cm³/mol. The van der Waals surface area contributed by atoms with Crippen LogP contribution >= 0.6 is 23.4 Å². The van der Waals surface area contributed by atoms with E-state index >= 15 is 0 Å². The van der Waals surface area contributed by atoms with E-state index in [0.29, 0.717) is 17.4 Å². The third kappa shape index (κ3) is 3.22. The van der Waals surface area contributed by atoms with E-state index < -0.39 is 0 Å². The number of aromatic nitrogens is 2. The summed E-state index contributed by atoms with van der Waals surface area (Å²) in [5.41, 5.74) is 2.71. The molecule has 6 nitrogen and oxygen atoms in total. The molecular weight excluding hydrogens is 348 g/mol. The van der Waals surface area contributed by atoms with E-state index in [9.17, 15) is 9.59 Å². The smallest absolute Gasteiger partial charge is 0.275 e. The molecule has 0 saturated heterocycles. The molecule has 2 heterocycles. The van der Waals surface area contributed by atoms with Crippen LogP contribution in [0.25, 0.3) is 0 Å². The standard InChI is InChI=1S/C16H15ClN4O2S/c1-9(22)21-6-5-10-7-11(3-4-13(10)21)19-15(23)14-12(17)8-18-16(20-14)24-2/h3-4,7-8H,5-6H2,1-2H3,(H,19,23). The summed E-state index contributed by atoms with van der Waals surface area (Å²) < 4.78 is 0. The number of benzene rings is 1. The van der Waals surface area contributed by atoms with Crippen molar-refractivity contribution < 1.29 is 9.59 Å². The highest BCUT2D eigenvalue weighted by molar-refractivity contribution is 7.98. The predicted octanol–water partition coefficient (Wildman–Crippen LogP) is 3.01. The van der Waals surface area contributed by atoms with Crippen LogP contribution in [-0.2, 0) is 11.2 Å². The van der Waals surface area contributed by atoms with Gasteiger partial charge in [0.15, 0.2) is 10.9 Å². The van der Waals surface area contributed by atoms with E-state index in [1.165, 1.54) is 18.0 Å². The first-order chi connectivity index (χ1) is 11.5. The summed E-state index contributed by atoms with van der Waals surface area (Å²) in [6.45, 7) is 2.21. The van der Waals surface area contributed by atoms with Gasteiger partial charge < -0.3 is 10.2 Å². The van der Waals surface area contributed by atoms with Crippen LogP contribution in [0.3, 0.4) is 0 Å². The molecule has 24 heavy (non-hydrogen) atoms. The summed E-state index contributed by atoms with van der Waals surface area (Å²) in [5, 5.41) is 3.48. The van der Waals surface area contributed by atoms with Crippen LogP contribution in [0.4, 0.5) is 11.4 Å². The monoisotopic (exact) mass is 362 g/mol. The fraction of sp³-hybridized carbons (Fsp3) is 0.250. The molecule has 0 fully saturated rings. The fourth-order valence-corrected chi connectivity index (χ4v) is 3.12. The topological polar surface area (TPSA) is 75.2 Å². The quantitative estimate of drug-likeness (QED) is 0.671. The van der Waals surface area contributed by atoms with Gasteiger partial charge in [-0.3, -0.25) is 9.59 Å². The van der Waals surface area contributed by atoms with Gasteiger partial charge in [0, 0.05) is 24.8 Å². The number of nitrogens with one attached hydrogen (secondary N) is 1. The molecule has 2 amide bonds. The Bertz CT molecular complexity index is 828. The van der Waals surface area contributed by atoms with Gasteiger partial charge in [-0.2, -0.15) is 0 Å². The van der Waals surface area contributed by atoms with E-state index in [1.807, 2.05) is 18.4 Å². The number of rotatable bonds is 3. The molecule has 1 aromatic carbocycles. The van der Waals surface area contributed by atoms with Crippen LogP contribution in [0.2, 0.25) is 5.02 Å². The van der Waals surface area contributed by atoms with Gasteiger partial charge in [0.1, 0.15) is 0 Å². The highest BCUT2D eigenvalue weighted by atomic mass is 35.5. The van der Waals surface area contributed by atoms with Crippen molar-refractivity contribution in [1.82, 2.24) is 9.97 Å². The number of fused-ring (bicyclic) bond motifs is 1. The molecule has 2 aromatic rings. The maximum absolute atomic E-state index is 12.4. The summed E-state index contributed by atoms with van der Waals surface area (Å²) in [5.74, 6) is -0.373. The Kier molecular flexibility index (Phi) is 4.73. The zero-order valence-corrected chi connectivity index (χ0v) is 14.7. The number of thioether (sulfide) groups is 1. The average molecular weight is 363 g/mol. The minimum absolute atomic E-state index is 0.0166. The lowest BCUT2D eigenvalue weighted by molar-refractivity contribution is -0.116. The molecule has 1 N–H and O–H groups in total. The largest absolute Gasteiger partial charge is 0.321 e.